The molecule has 0 bridgehead atoms. The summed E-state index contributed by atoms with van der Waals surface area (Å²) in [5, 5.41) is 5.11. The standard InChI is InChI=1S/C17H23N3O3S/c1-17(15(21)18-16(22)19-17)13-6-5-9-20(12-13)10-11-24(23)14-7-3-2-4-8-14/h2-4,7-8,13H,5-6,9-12H2,1H3,(H2,18,19,21,22). The van der Waals surface area contributed by atoms with Crippen LogP contribution >= 0.6 is 0 Å². The van der Waals surface area contributed by atoms with Crippen molar-refractivity contribution in [3.63, 3.8) is 0 Å². The van der Waals surface area contributed by atoms with Crippen LogP contribution in [0, 0.1) is 5.92 Å². The summed E-state index contributed by atoms with van der Waals surface area (Å²) in [6.07, 6.45) is 1.88. The van der Waals surface area contributed by atoms with Crippen LogP contribution < -0.4 is 10.6 Å². The summed E-state index contributed by atoms with van der Waals surface area (Å²) in [7, 11) is -1.01. The minimum absolute atomic E-state index is 0.0721. The summed E-state index contributed by atoms with van der Waals surface area (Å²) in [6, 6.07) is 9.06. The number of amides is 3. The Hall–Kier alpha value is -1.73. The Balaban J connectivity index is 1.57. The Morgan fingerprint density at radius 3 is 2.71 bits per heavy atom. The van der Waals surface area contributed by atoms with Gasteiger partial charge in [-0.05, 0) is 38.4 Å². The highest BCUT2D eigenvalue weighted by Gasteiger charge is 2.48. The van der Waals surface area contributed by atoms with E-state index < -0.39 is 22.4 Å². The third kappa shape index (κ3) is 3.52. The summed E-state index contributed by atoms with van der Waals surface area (Å²) in [6.45, 7) is 4.19. The highest BCUT2D eigenvalue weighted by Crippen LogP contribution is 2.29. The first-order chi connectivity index (χ1) is 11.5. The lowest BCUT2D eigenvalue weighted by atomic mass is 9.80. The molecule has 0 aliphatic carbocycles. The summed E-state index contributed by atoms with van der Waals surface area (Å²) < 4.78 is 12.3. The number of urea groups is 1. The number of benzene rings is 1. The van der Waals surface area contributed by atoms with Crippen LogP contribution in [0.1, 0.15) is 19.8 Å². The molecule has 2 aliphatic heterocycles. The van der Waals surface area contributed by atoms with E-state index in [2.05, 4.69) is 15.5 Å². The van der Waals surface area contributed by atoms with Gasteiger partial charge in [-0.25, -0.2) is 4.79 Å². The summed E-state index contributed by atoms with van der Waals surface area (Å²) >= 11 is 0. The van der Waals surface area contributed by atoms with Crippen molar-refractivity contribution in [3.8, 4) is 0 Å². The zero-order chi connectivity index (χ0) is 17.2. The molecule has 1 aromatic rings. The highest BCUT2D eigenvalue weighted by molar-refractivity contribution is 7.85. The first-order valence-electron chi connectivity index (χ1n) is 8.28. The number of rotatable bonds is 5. The Bertz CT molecular complexity index is 652. The van der Waals surface area contributed by atoms with Crippen LogP contribution in [0.15, 0.2) is 35.2 Å². The molecule has 6 nitrogen and oxygen atoms in total. The molecule has 0 aromatic heterocycles. The van der Waals surface area contributed by atoms with Crippen LogP contribution in [0.4, 0.5) is 4.79 Å². The number of nitrogens with zero attached hydrogens (tertiary/aromatic N) is 1. The Morgan fingerprint density at radius 1 is 1.29 bits per heavy atom. The van der Waals surface area contributed by atoms with Gasteiger partial charge >= 0.3 is 6.03 Å². The zero-order valence-corrected chi connectivity index (χ0v) is 14.6. The number of piperidine rings is 1. The van der Waals surface area contributed by atoms with Gasteiger partial charge in [0.1, 0.15) is 5.54 Å². The van der Waals surface area contributed by atoms with E-state index in [0.29, 0.717) is 5.75 Å². The molecule has 7 heteroatoms. The molecule has 24 heavy (non-hydrogen) atoms. The monoisotopic (exact) mass is 349 g/mol. The van der Waals surface area contributed by atoms with Gasteiger partial charge in [-0.2, -0.15) is 0 Å². The first-order valence-corrected chi connectivity index (χ1v) is 9.60. The van der Waals surface area contributed by atoms with Crippen LogP contribution in [-0.4, -0.2) is 52.0 Å². The molecule has 0 spiro atoms. The maximum Gasteiger partial charge on any atom is 0.322 e. The van der Waals surface area contributed by atoms with Crippen molar-refractivity contribution in [2.24, 2.45) is 5.92 Å². The maximum absolute atomic E-state index is 12.3. The van der Waals surface area contributed by atoms with Crippen molar-refractivity contribution in [2.75, 3.05) is 25.4 Å². The molecule has 2 fully saturated rings. The predicted molar refractivity (Wildman–Crippen MR) is 92.0 cm³/mol. The van der Waals surface area contributed by atoms with Gasteiger partial charge in [-0.15, -0.1) is 0 Å². The zero-order valence-electron chi connectivity index (χ0n) is 13.8. The fourth-order valence-electron chi connectivity index (χ4n) is 3.48. The van der Waals surface area contributed by atoms with Crippen molar-refractivity contribution >= 4 is 22.7 Å². The lowest BCUT2D eigenvalue weighted by Gasteiger charge is -2.39. The van der Waals surface area contributed by atoms with Gasteiger partial charge in [-0.3, -0.25) is 14.3 Å². The van der Waals surface area contributed by atoms with Crippen molar-refractivity contribution in [1.82, 2.24) is 15.5 Å². The third-order valence-corrected chi connectivity index (χ3v) is 6.34. The smallest absolute Gasteiger partial charge is 0.322 e. The SMILES string of the molecule is CC1(C2CCCN(CCS(=O)c3ccccc3)C2)NC(=O)NC1=O. The highest BCUT2D eigenvalue weighted by atomic mass is 32.2. The van der Waals surface area contributed by atoms with Gasteiger partial charge in [0, 0.05) is 29.7 Å². The molecule has 2 aliphatic rings. The number of imide groups is 1. The molecule has 3 atom stereocenters. The number of hydrogen-bond acceptors (Lipinski definition) is 4. The summed E-state index contributed by atoms with van der Waals surface area (Å²) in [5.41, 5.74) is -0.839. The van der Waals surface area contributed by atoms with Crippen LogP contribution in [0.25, 0.3) is 0 Å². The normalized spacial score (nSPS) is 29.1. The van der Waals surface area contributed by atoms with Gasteiger partial charge in [-0.1, -0.05) is 18.2 Å². The average molecular weight is 349 g/mol. The largest absolute Gasteiger partial charge is 0.323 e. The van der Waals surface area contributed by atoms with E-state index in [1.807, 2.05) is 30.3 Å². The van der Waals surface area contributed by atoms with Crippen molar-refractivity contribution in [2.45, 2.75) is 30.2 Å². The van der Waals surface area contributed by atoms with Crippen molar-refractivity contribution in [3.05, 3.63) is 30.3 Å². The van der Waals surface area contributed by atoms with E-state index in [1.165, 1.54) is 0 Å². The molecule has 2 N–H and O–H groups in total. The molecule has 0 radical (unpaired) electrons. The van der Waals surface area contributed by atoms with E-state index >= 15 is 0 Å². The van der Waals surface area contributed by atoms with E-state index in [1.54, 1.807) is 6.92 Å². The van der Waals surface area contributed by atoms with Crippen LogP contribution in [0.5, 0.6) is 0 Å². The van der Waals surface area contributed by atoms with Crippen LogP contribution in [0.2, 0.25) is 0 Å². The topological polar surface area (TPSA) is 78.5 Å². The molecular formula is C17H23N3O3S. The van der Waals surface area contributed by atoms with Crippen LogP contribution in [-0.2, 0) is 15.6 Å². The van der Waals surface area contributed by atoms with E-state index in [4.69, 9.17) is 0 Å². The number of hydrogen-bond donors (Lipinski definition) is 2. The minimum atomic E-state index is -1.01. The Kier molecular flexibility index (Phi) is 5.01. The summed E-state index contributed by atoms with van der Waals surface area (Å²) in [5.74, 6) is 0.404. The molecule has 3 amide bonds. The van der Waals surface area contributed by atoms with Gasteiger partial charge in [0.25, 0.3) is 5.91 Å². The fraction of sp³-hybridized carbons (Fsp3) is 0.529. The molecule has 130 valence electrons. The second-order valence-corrected chi connectivity index (χ2v) is 8.18. The van der Waals surface area contributed by atoms with Gasteiger partial charge in [0.15, 0.2) is 0 Å². The number of carbonyl (C=O) groups is 2. The number of likely N-dealkylation sites (tertiary alicyclic amines) is 1. The molecular weight excluding hydrogens is 326 g/mol. The maximum atomic E-state index is 12.3. The number of carbonyl (C=O) groups excluding carboxylic acids is 2. The molecule has 0 saturated carbocycles. The van der Waals surface area contributed by atoms with E-state index in [-0.39, 0.29) is 11.8 Å². The molecule has 3 unspecified atom stereocenters. The second-order valence-electron chi connectivity index (χ2n) is 6.61. The Morgan fingerprint density at radius 2 is 2.04 bits per heavy atom. The van der Waals surface area contributed by atoms with Gasteiger partial charge in [0.2, 0.25) is 0 Å². The fourth-order valence-corrected chi connectivity index (χ4v) is 4.60. The first kappa shape index (κ1) is 17.1. The lowest BCUT2D eigenvalue weighted by molar-refractivity contribution is -0.126. The third-order valence-electron chi connectivity index (χ3n) is 4.99. The number of nitrogens with one attached hydrogen (secondary N) is 2. The van der Waals surface area contributed by atoms with Crippen molar-refractivity contribution in [1.29, 1.82) is 0 Å². The quantitative estimate of drug-likeness (QED) is 0.781. The van der Waals surface area contributed by atoms with E-state index in [9.17, 15) is 13.8 Å². The van der Waals surface area contributed by atoms with Gasteiger partial charge < -0.3 is 10.2 Å². The lowest BCUT2D eigenvalue weighted by Crippen LogP contribution is -2.56. The average Bonchev–Trinajstić information content (AvgIpc) is 2.87. The molecule has 3 rings (SSSR count). The summed E-state index contributed by atoms with van der Waals surface area (Å²) in [4.78, 5) is 26.7. The minimum Gasteiger partial charge on any atom is -0.323 e. The van der Waals surface area contributed by atoms with E-state index in [0.717, 1.165) is 37.4 Å². The Labute approximate surface area is 144 Å². The van der Waals surface area contributed by atoms with Crippen molar-refractivity contribution < 1.29 is 13.8 Å². The van der Waals surface area contributed by atoms with Gasteiger partial charge in [0.05, 0.1) is 10.8 Å². The molecule has 1 aromatic carbocycles. The van der Waals surface area contributed by atoms with Crippen LogP contribution in [0.3, 0.4) is 0 Å². The predicted octanol–water partition coefficient (Wildman–Crippen LogP) is 1.10. The second kappa shape index (κ2) is 7.03. The molecule has 2 saturated heterocycles. The molecule has 2 heterocycles.